The van der Waals surface area contributed by atoms with Crippen LogP contribution >= 0.6 is 27.5 Å². The minimum atomic E-state index is -0.364. The Balaban J connectivity index is 2.25. The van der Waals surface area contributed by atoms with E-state index in [1.807, 2.05) is 31.3 Å². The molecule has 0 heterocycles. The highest BCUT2D eigenvalue weighted by atomic mass is 79.9. The first-order valence-corrected chi connectivity index (χ1v) is 7.67. The Kier molecular flexibility index (Phi) is 5.62. The van der Waals surface area contributed by atoms with Gasteiger partial charge in [0.15, 0.2) is 11.6 Å². The molecule has 0 aliphatic rings. The van der Waals surface area contributed by atoms with Crippen molar-refractivity contribution in [2.45, 2.75) is 12.5 Å². The van der Waals surface area contributed by atoms with Gasteiger partial charge in [-0.15, -0.1) is 0 Å². The molecule has 0 radical (unpaired) electrons. The van der Waals surface area contributed by atoms with Crippen LogP contribution in [0.4, 0.5) is 4.39 Å². The maximum atomic E-state index is 13.8. The van der Waals surface area contributed by atoms with Crippen LogP contribution in [0.2, 0.25) is 5.02 Å². The topological polar surface area (TPSA) is 21.3 Å². The van der Waals surface area contributed by atoms with Gasteiger partial charge in [0.1, 0.15) is 0 Å². The third kappa shape index (κ3) is 3.96. The van der Waals surface area contributed by atoms with Crippen LogP contribution in [-0.2, 0) is 6.42 Å². The average molecular weight is 373 g/mol. The lowest BCUT2D eigenvalue weighted by atomic mass is 9.98. The summed E-state index contributed by atoms with van der Waals surface area (Å²) < 4.78 is 19.7. The molecule has 5 heteroatoms. The van der Waals surface area contributed by atoms with Crippen LogP contribution in [0.15, 0.2) is 40.9 Å². The Bertz CT molecular complexity index is 636. The molecule has 0 spiro atoms. The van der Waals surface area contributed by atoms with E-state index in [4.69, 9.17) is 16.3 Å². The summed E-state index contributed by atoms with van der Waals surface area (Å²) in [4.78, 5) is 0. The fourth-order valence-electron chi connectivity index (χ4n) is 2.19. The quantitative estimate of drug-likeness (QED) is 0.817. The van der Waals surface area contributed by atoms with Crippen molar-refractivity contribution in [2.24, 2.45) is 0 Å². The van der Waals surface area contributed by atoms with Gasteiger partial charge in [0.05, 0.1) is 7.11 Å². The van der Waals surface area contributed by atoms with Crippen LogP contribution in [0.3, 0.4) is 0 Å². The summed E-state index contributed by atoms with van der Waals surface area (Å²) in [5.74, 6) is -0.118. The smallest absolute Gasteiger partial charge is 0.165 e. The predicted octanol–water partition coefficient (Wildman–Crippen LogP) is 4.75. The fraction of sp³-hybridized carbons (Fsp3) is 0.250. The van der Waals surface area contributed by atoms with Crippen LogP contribution in [0.25, 0.3) is 0 Å². The molecule has 2 aromatic carbocycles. The normalized spacial score (nSPS) is 12.2. The van der Waals surface area contributed by atoms with Gasteiger partial charge in [-0.3, -0.25) is 0 Å². The zero-order valence-electron chi connectivity index (χ0n) is 11.8. The lowest BCUT2D eigenvalue weighted by Crippen LogP contribution is -2.19. The predicted molar refractivity (Wildman–Crippen MR) is 87.6 cm³/mol. The van der Waals surface area contributed by atoms with Crippen molar-refractivity contribution in [3.05, 3.63) is 62.8 Å². The summed E-state index contributed by atoms with van der Waals surface area (Å²) in [6.45, 7) is 0. The van der Waals surface area contributed by atoms with Gasteiger partial charge in [-0.2, -0.15) is 0 Å². The molecule has 1 unspecified atom stereocenters. The summed E-state index contributed by atoms with van der Waals surface area (Å²) >= 11 is 9.63. The minimum Gasteiger partial charge on any atom is -0.494 e. The van der Waals surface area contributed by atoms with Crippen molar-refractivity contribution >= 4 is 27.5 Å². The monoisotopic (exact) mass is 371 g/mol. The third-order valence-corrected chi connectivity index (χ3v) is 4.21. The van der Waals surface area contributed by atoms with E-state index in [0.717, 1.165) is 15.6 Å². The number of hydrogen-bond donors (Lipinski definition) is 1. The molecule has 1 N–H and O–H groups in total. The third-order valence-electron chi connectivity index (χ3n) is 3.37. The van der Waals surface area contributed by atoms with Crippen molar-refractivity contribution in [3.63, 3.8) is 0 Å². The van der Waals surface area contributed by atoms with Gasteiger partial charge in [0, 0.05) is 15.5 Å². The Hall–Kier alpha value is -1.10. The van der Waals surface area contributed by atoms with Gasteiger partial charge in [-0.05, 0) is 48.9 Å². The summed E-state index contributed by atoms with van der Waals surface area (Å²) in [6.07, 6.45) is 0.675. The molecule has 21 heavy (non-hydrogen) atoms. The second-order valence-electron chi connectivity index (χ2n) is 4.68. The van der Waals surface area contributed by atoms with E-state index in [0.29, 0.717) is 11.4 Å². The number of nitrogens with one attached hydrogen (secondary N) is 1. The molecule has 2 aromatic rings. The molecule has 2 rings (SSSR count). The molecular weight excluding hydrogens is 357 g/mol. The molecular formula is C16H16BrClFNO. The van der Waals surface area contributed by atoms with Crippen molar-refractivity contribution < 1.29 is 9.13 Å². The lowest BCUT2D eigenvalue weighted by Gasteiger charge is -2.18. The van der Waals surface area contributed by atoms with Gasteiger partial charge in [0.25, 0.3) is 0 Å². The van der Waals surface area contributed by atoms with E-state index >= 15 is 0 Å². The number of likely N-dealkylation sites (N-methyl/N-ethyl adjacent to an activating group) is 1. The number of halogens is 3. The van der Waals surface area contributed by atoms with Crippen LogP contribution in [0, 0.1) is 5.82 Å². The zero-order valence-corrected chi connectivity index (χ0v) is 14.1. The van der Waals surface area contributed by atoms with E-state index in [1.54, 1.807) is 6.07 Å². The van der Waals surface area contributed by atoms with Gasteiger partial charge in [-0.25, -0.2) is 4.39 Å². The highest BCUT2D eigenvalue weighted by Crippen LogP contribution is 2.28. The SMILES string of the molecule is CNC(Cc1ccc(Br)cc1Cl)c1ccc(OC)c(F)c1. The number of hydrogen-bond acceptors (Lipinski definition) is 2. The summed E-state index contributed by atoms with van der Waals surface area (Å²) in [5.41, 5.74) is 1.87. The molecule has 0 aromatic heterocycles. The van der Waals surface area contributed by atoms with E-state index in [1.165, 1.54) is 13.2 Å². The molecule has 2 nitrogen and oxygen atoms in total. The standard InChI is InChI=1S/C16H16BrClFNO/c1-20-15(8-10-3-5-12(17)9-13(10)18)11-4-6-16(21-2)14(19)7-11/h3-7,9,15,20H,8H2,1-2H3. The van der Waals surface area contributed by atoms with Crippen molar-refractivity contribution in [2.75, 3.05) is 14.2 Å². The number of rotatable bonds is 5. The Morgan fingerprint density at radius 1 is 1.29 bits per heavy atom. The Morgan fingerprint density at radius 3 is 2.62 bits per heavy atom. The first-order chi connectivity index (χ1) is 10.0. The van der Waals surface area contributed by atoms with Crippen molar-refractivity contribution in [3.8, 4) is 5.75 Å². The van der Waals surface area contributed by atoms with Crippen molar-refractivity contribution in [1.29, 1.82) is 0 Å². The van der Waals surface area contributed by atoms with Crippen LogP contribution in [-0.4, -0.2) is 14.2 Å². The maximum absolute atomic E-state index is 13.8. The molecule has 0 bridgehead atoms. The van der Waals surface area contributed by atoms with Gasteiger partial charge >= 0.3 is 0 Å². The Labute approximate surface area is 137 Å². The highest BCUT2D eigenvalue weighted by Gasteiger charge is 2.14. The molecule has 0 aliphatic heterocycles. The summed E-state index contributed by atoms with van der Waals surface area (Å²) in [6, 6.07) is 10.7. The largest absolute Gasteiger partial charge is 0.494 e. The number of methoxy groups -OCH3 is 1. The maximum Gasteiger partial charge on any atom is 0.165 e. The van der Waals surface area contributed by atoms with E-state index in [2.05, 4.69) is 21.2 Å². The minimum absolute atomic E-state index is 0.0240. The van der Waals surface area contributed by atoms with E-state index in [9.17, 15) is 4.39 Å². The molecule has 0 aliphatic carbocycles. The van der Waals surface area contributed by atoms with Gasteiger partial charge < -0.3 is 10.1 Å². The Morgan fingerprint density at radius 2 is 2.05 bits per heavy atom. The first-order valence-electron chi connectivity index (χ1n) is 6.49. The van der Waals surface area contributed by atoms with Gasteiger partial charge in [0.2, 0.25) is 0 Å². The molecule has 1 atom stereocenters. The van der Waals surface area contributed by atoms with E-state index < -0.39 is 0 Å². The molecule has 0 fully saturated rings. The number of ether oxygens (including phenoxy) is 1. The highest BCUT2D eigenvalue weighted by molar-refractivity contribution is 9.10. The molecule has 0 saturated carbocycles. The molecule has 0 saturated heterocycles. The van der Waals surface area contributed by atoms with E-state index in [-0.39, 0.29) is 17.6 Å². The number of benzene rings is 2. The van der Waals surface area contributed by atoms with Crippen LogP contribution < -0.4 is 10.1 Å². The molecule has 0 amide bonds. The van der Waals surface area contributed by atoms with Gasteiger partial charge in [-0.1, -0.05) is 39.7 Å². The van der Waals surface area contributed by atoms with Crippen molar-refractivity contribution in [1.82, 2.24) is 5.32 Å². The molecule has 112 valence electrons. The van der Waals surface area contributed by atoms with Crippen LogP contribution in [0.1, 0.15) is 17.2 Å². The zero-order chi connectivity index (χ0) is 15.4. The average Bonchev–Trinajstić information content (AvgIpc) is 2.46. The lowest BCUT2D eigenvalue weighted by molar-refractivity contribution is 0.385. The second kappa shape index (κ2) is 7.25. The summed E-state index contributed by atoms with van der Waals surface area (Å²) in [5, 5.41) is 3.89. The summed E-state index contributed by atoms with van der Waals surface area (Å²) in [7, 11) is 3.30. The first kappa shape index (κ1) is 16.3. The second-order valence-corrected chi connectivity index (χ2v) is 6.00. The fourth-order valence-corrected chi connectivity index (χ4v) is 2.94. The van der Waals surface area contributed by atoms with Crippen LogP contribution in [0.5, 0.6) is 5.75 Å².